The van der Waals surface area contributed by atoms with Gasteiger partial charge in [0.05, 0.1) is 12.1 Å². The SMILES string of the molecule is Cc1ccc(C#CCO)c(C(=O)NCc2nc(C)no2)c1. The first kappa shape index (κ1) is 14.8. The minimum Gasteiger partial charge on any atom is -0.384 e. The Morgan fingerprint density at radius 2 is 2.24 bits per heavy atom. The summed E-state index contributed by atoms with van der Waals surface area (Å²) in [5.74, 6) is 5.88. The zero-order valence-corrected chi connectivity index (χ0v) is 11.8. The molecule has 0 aliphatic heterocycles. The van der Waals surface area contributed by atoms with Gasteiger partial charge in [0.15, 0.2) is 5.82 Å². The molecule has 0 atom stereocenters. The van der Waals surface area contributed by atoms with Gasteiger partial charge < -0.3 is 14.9 Å². The lowest BCUT2D eigenvalue weighted by atomic mass is 10.0. The van der Waals surface area contributed by atoms with Crippen molar-refractivity contribution in [2.24, 2.45) is 0 Å². The van der Waals surface area contributed by atoms with Gasteiger partial charge in [-0.2, -0.15) is 4.98 Å². The molecular weight excluding hydrogens is 270 g/mol. The number of rotatable bonds is 3. The van der Waals surface area contributed by atoms with Crippen molar-refractivity contribution in [3.8, 4) is 11.8 Å². The average molecular weight is 285 g/mol. The highest BCUT2D eigenvalue weighted by atomic mass is 16.5. The normalized spacial score (nSPS) is 9.86. The molecule has 0 saturated heterocycles. The van der Waals surface area contributed by atoms with E-state index in [2.05, 4.69) is 27.3 Å². The highest BCUT2D eigenvalue weighted by Gasteiger charge is 2.12. The molecule has 2 rings (SSSR count). The summed E-state index contributed by atoms with van der Waals surface area (Å²) in [6, 6.07) is 5.36. The summed E-state index contributed by atoms with van der Waals surface area (Å²) < 4.78 is 4.93. The van der Waals surface area contributed by atoms with E-state index in [-0.39, 0.29) is 19.1 Å². The second-order valence-electron chi connectivity index (χ2n) is 4.43. The number of aryl methyl sites for hydroxylation is 2. The summed E-state index contributed by atoms with van der Waals surface area (Å²) in [4.78, 5) is 16.2. The number of nitrogens with zero attached hydrogens (tertiary/aromatic N) is 2. The number of hydrogen-bond acceptors (Lipinski definition) is 5. The molecule has 0 radical (unpaired) electrons. The number of benzene rings is 1. The third-order valence-corrected chi connectivity index (χ3v) is 2.69. The van der Waals surface area contributed by atoms with Crippen LogP contribution in [0.2, 0.25) is 0 Å². The van der Waals surface area contributed by atoms with Crippen molar-refractivity contribution in [3.05, 3.63) is 46.6 Å². The van der Waals surface area contributed by atoms with Gasteiger partial charge >= 0.3 is 0 Å². The molecule has 0 unspecified atom stereocenters. The van der Waals surface area contributed by atoms with E-state index in [1.807, 2.05) is 13.0 Å². The third-order valence-electron chi connectivity index (χ3n) is 2.69. The van der Waals surface area contributed by atoms with Crippen molar-refractivity contribution in [2.75, 3.05) is 6.61 Å². The van der Waals surface area contributed by atoms with Crippen LogP contribution in [0.25, 0.3) is 0 Å². The Morgan fingerprint density at radius 3 is 2.90 bits per heavy atom. The summed E-state index contributed by atoms with van der Waals surface area (Å²) in [5, 5.41) is 15.1. The van der Waals surface area contributed by atoms with Crippen LogP contribution in [0.3, 0.4) is 0 Å². The van der Waals surface area contributed by atoms with Gasteiger partial charge in [-0.15, -0.1) is 0 Å². The minimum absolute atomic E-state index is 0.153. The lowest BCUT2D eigenvalue weighted by Gasteiger charge is -2.06. The number of carbonyl (C=O) groups excluding carboxylic acids is 1. The summed E-state index contributed by atoms with van der Waals surface area (Å²) in [6.07, 6.45) is 0. The highest BCUT2D eigenvalue weighted by molar-refractivity contribution is 5.96. The van der Waals surface area contributed by atoms with E-state index < -0.39 is 0 Å². The molecule has 2 aromatic rings. The van der Waals surface area contributed by atoms with E-state index in [4.69, 9.17) is 9.63 Å². The molecule has 2 N–H and O–H groups in total. The monoisotopic (exact) mass is 285 g/mol. The molecule has 0 fully saturated rings. The fourth-order valence-corrected chi connectivity index (χ4v) is 1.75. The molecule has 0 spiro atoms. The largest absolute Gasteiger partial charge is 0.384 e. The number of amides is 1. The number of aromatic nitrogens is 2. The van der Waals surface area contributed by atoms with Crippen molar-refractivity contribution in [1.82, 2.24) is 15.5 Å². The molecule has 6 nitrogen and oxygen atoms in total. The Balaban J connectivity index is 2.15. The van der Waals surface area contributed by atoms with E-state index in [1.165, 1.54) is 0 Å². The highest BCUT2D eigenvalue weighted by Crippen LogP contribution is 2.11. The van der Waals surface area contributed by atoms with Crippen LogP contribution < -0.4 is 5.32 Å². The first-order chi connectivity index (χ1) is 10.1. The molecule has 0 aliphatic carbocycles. The number of aliphatic hydroxyl groups is 1. The topological polar surface area (TPSA) is 88.2 Å². The Hall–Kier alpha value is -2.65. The van der Waals surface area contributed by atoms with Gasteiger partial charge in [0.2, 0.25) is 5.89 Å². The predicted octanol–water partition coefficient (Wildman–Crippen LogP) is 0.960. The maximum atomic E-state index is 12.2. The van der Waals surface area contributed by atoms with E-state index in [1.54, 1.807) is 19.1 Å². The van der Waals surface area contributed by atoms with Crippen LogP contribution in [0, 0.1) is 25.7 Å². The molecule has 1 aromatic carbocycles. The predicted molar refractivity (Wildman–Crippen MR) is 75.3 cm³/mol. The summed E-state index contributed by atoms with van der Waals surface area (Å²) in [5.41, 5.74) is 1.96. The Morgan fingerprint density at radius 1 is 1.43 bits per heavy atom. The Bertz CT molecular complexity index is 710. The summed E-state index contributed by atoms with van der Waals surface area (Å²) >= 11 is 0. The van der Waals surface area contributed by atoms with Gasteiger partial charge in [-0.05, 0) is 26.0 Å². The van der Waals surface area contributed by atoms with Crippen LogP contribution in [0.4, 0.5) is 0 Å². The van der Waals surface area contributed by atoms with E-state index in [0.29, 0.717) is 22.8 Å². The van der Waals surface area contributed by atoms with Crippen LogP contribution in [-0.4, -0.2) is 27.8 Å². The second kappa shape index (κ2) is 6.68. The standard InChI is InChI=1S/C15H15N3O3/c1-10-5-6-12(4-3-7-19)13(8-10)15(20)16-9-14-17-11(2)18-21-14/h5-6,8,19H,7,9H2,1-2H3,(H,16,20). The van der Waals surface area contributed by atoms with Crippen molar-refractivity contribution >= 4 is 5.91 Å². The molecule has 0 bridgehead atoms. The first-order valence-corrected chi connectivity index (χ1v) is 6.38. The van der Waals surface area contributed by atoms with E-state index >= 15 is 0 Å². The molecule has 108 valence electrons. The van der Waals surface area contributed by atoms with Crippen LogP contribution >= 0.6 is 0 Å². The second-order valence-corrected chi connectivity index (χ2v) is 4.43. The smallest absolute Gasteiger partial charge is 0.252 e. The lowest BCUT2D eigenvalue weighted by molar-refractivity contribution is 0.0946. The summed E-state index contributed by atoms with van der Waals surface area (Å²) in [6.45, 7) is 3.50. The molecule has 1 aromatic heterocycles. The van der Waals surface area contributed by atoms with Gasteiger partial charge in [0.1, 0.15) is 6.61 Å². The van der Waals surface area contributed by atoms with Crippen molar-refractivity contribution in [3.63, 3.8) is 0 Å². The van der Waals surface area contributed by atoms with Gasteiger partial charge in [-0.3, -0.25) is 4.79 Å². The number of carbonyl (C=O) groups is 1. The number of aliphatic hydroxyl groups excluding tert-OH is 1. The average Bonchev–Trinajstić information content (AvgIpc) is 2.89. The zero-order valence-electron chi connectivity index (χ0n) is 11.8. The maximum absolute atomic E-state index is 12.2. The number of hydrogen-bond donors (Lipinski definition) is 2. The number of nitrogens with one attached hydrogen (secondary N) is 1. The van der Waals surface area contributed by atoms with Gasteiger partial charge in [-0.25, -0.2) is 0 Å². The Labute approximate surface area is 122 Å². The van der Waals surface area contributed by atoms with E-state index in [0.717, 1.165) is 5.56 Å². The molecule has 1 amide bonds. The zero-order chi connectivity index (χ0) is 15.2. The van der Waals surface area contributed by atoms with Crippen molar-refractivity contribution < 1.29 is 14.4 Å². The van der Waals surface area contributed by atoms with Crippen LogP contribution in [0.1, 0.15) is 33.2 Å². The molecular formula is C15H15N3O3. The van der Waals surface area contributed by atoms with Crippen LogP contribution in [-0.2, 0) is 6.54 Å². The molecule has 0 saturated carbocycles. The van der Waals surface area contributed by atoms with Crippen LogP contribution in [0.15, 0.2) is 22.7 Å². The quantitative estimate of drug-likeness (QED) is 0.820. The van der Waals surface area contributed by atoms with Gasteiger partial charge in [0.25, 0.3) is 5.91 Å². The summed E-state index contributed by atoms with van der Waals surface area (Å²) in [7, 11) is 0. The van der Waals surface area contributed by atoms with Crippen molar-refractivity contribution in [2.45, 2.75) is 20.4 Å². The molecule has 6 heteroatoms. The van der Waals surface area contributed by atoms with E-state index in [9.17, 15) is 4.79 Å². The lowest BCUT2D eigenvalue weighted by Crippen LogP contribution is -2.24. The van der Waals surface area contributed by atoms with Crippen LogP contribution in [0.5, 0.6) is 0 Å². The fraction of sp³-hybridized carbons (Fsp3) is 0.267. The molecule has 1 heterocycles. The Kier molecular flexibility index (Phi) is 4.69. The maximum Gasteiger partial charge on any atom is 0.252 e. The van der Waals surface area contributed by atoms with Gasteiger partial charge in [0, 0.05) is 5.56 Å². The van der Waals surface area contributed by atoms with Crippen molar-refractivity contribution in [1.29, 1.82) is 0 Å². The minimum atomic E-state index is -0.281. The molecule has 0 aliphatic rings. The first-order valence-electron chi connectivity index (χ1n) is 6.38. The third kappa shape index (κ3) is 3.91. The fourth-order valence-electron chi connectivity index (χ4n) is 1.75. The molecule has 21 heavy (non-hydrogen) atoms. The van der Waals surface area contributed by atoms with Gasteiger partial charge in [-0.1, -0.05) is 28.6 Å².